The molecule has 0 unspecified atom stereocenters. The molecule has 0 saturated carbocycles. The van der Waals surface area contributed by atoms with Gasteiger partial charge in [-0.1, -0.05) is 6.07 Å². The van der Waals surface area contributed by atoms with Crippen LogP contribution in [0.3, 0.4) is 0 Å². The molecule has 58 valence electrons. The van der Waals surface area contributed by atoms with Gasteiger partial charge in [-0.05, 0) is 19.1 Å². The Bertz CT molecular complexity index is 283. The van der Waals surface area contributed by atoms with Crippen LogP contribution in [0.1, 0.15) is 12.5 Å². The largest absolute Gasteiger partial charge is 0.490 e. The maximum absolute atomic E-state index is 5.75. The second-order valence-electron chi connectivity index (χ2n) is 2.96. The second-order valence-corrected chi connectivity index (χ2v) is 2.96. The molecule has 2 rings (SSSR count). The highest BCUT2D eigenvalue weighted by atomic mass is 16.5. The molecule has 0 radical (unpaired) electrons. The lowest BCUT2D eigenvalue weighted by molar-refractivity contribution is 0.254. The van der Waals surface area contributed by atoms with E-state index in [0.29, 0.717) is 0 Å². The molecule has 0 fully saturated rings. The average molecular weight is 149 g/mol. The Balaban J connectivity index is 2.49. The van der Waals surface area contributed by atoms with Crippen molar-refractivity contribution >= 4 is 5.69 Å². The lowest BCUT2D eigenvalue weighted by Crippen LogP contribution is -2.05. The van der Waals surface area contributed by atoms with Crippen molar-refractivity contribution in [3.63, 3.8) is 0 Å². The first-order valence-electron chi connectivity index (χ1n) is 3.81. The molecule has 1 aromatic rings. The molecule has 0 bridgehead atoms. The molecule has 2 nitrogen and oxygen atoms in total. The summed E-state index contributed by atoms with van der Waals surface area (Å²) in [5.41, 5.74) is 7.77. The van der Waals surface area contributed by atoms with Crippen molar-refractivity contribution in [1.29, 1.82) is 0 Å². The molecule has 0 spiro atoms. The standard InChI is InChI=1S/C9H11NO/c1-6-5-7-8(10)3-2-4-9(7)11-6/h2-4,6H,5,10H2,1H3/t6-/m1/s1. The fraction of sp³-hybridized carbons (Fsp3) is 0.333. The number of nitrogens with two attached hydrogens (primary N) is 1. The van der Waals surface area contributed by atoms with Crippen molar-refractivity contribution in [2.45, 2.75) is 19.4 Å². The third-order valence-electron chi connectivity index (χ3n) is 1.99. The van der Waals surface area contributed by atoms with E-state index < -0.39 is 0 Å². The number of rotatable bonds is 0. The van der Waals surface area contributed by atoms with Crippen LogP contribution >= 0.6 is 0 Å². The zero-order valence-electron chi connectivity index (χ0n) is 6.50. The van der Waals surface area contributed by atoms with Gasteiger partial charge in [0.05, 0.1) is 0 Å². The number of hydrogen-bond acceptors (Lipinski definition) is 2. The number of hydrogen-bond donors (Lipinski definition) is 1. The van der Waals surface area contributed by atoms with E-state index in [-0.39, 0.29) is 6.10 Å². The van der Waals surface area contributed by atoms with Crippen LogP contribution in [0.4, 0.5) is 5.69 Å². The number of fused-ring (bicyclic) bond motifs is 1. The Hall–Kier alpha value is -1.18. The van der Waals surface area contributed by atoms with Crippen LogP contribution in [0, 0.1) is 0 Å². The lowest BCUT2D eigenvalue weighted by Gasteiger charge is -2.01. The first-order chi connectivity index (χ1) is 5.27. The van der Waals surface area contributed by atoms with Gasteiger partial charge < -0.3 is 10.5 Å². The summed E-state index contributed by atoms with van der Waals surface area (Å²) in [6.07, 6.45) is 1.23. The summed E-state index contributed by atoms with van der Waals surface area (Å²) in [5.74, 6) is 0.956. The maximum Gasteiger partial charge on any atom is 0.125 e. The third-order valence-corrected chi connectivity index (χ3v) is 1.99. The summed E-state index contributed by atoms with van der Waals surface area (Å²) in [6.45, 7) is 2.06. The van der Waals surface area contributed by atoms with E-state index in [4.69, 9.17) is 10.5 Å². The van der Waals surface area contributed by atoms with Crippen LogP contribution < -0.4 is 10.5 Å². The number of nitrogen functional groups attached to an aromatic ring is 1. The quantitative estimate of drug-likeness (QED) is 0.568. The average Bonchev–Trinajstić information content (AvgIpc) is 2.31. The predicted molar refractivity (Wildman–Crippen MR) is 44.6 cm³/mol. The molecule has 1 heterocycles. The number of ether oxygens (including phenoxy) is 1. The van der Waals surface area contributed by atoms with Crippen molar-refractivity contribution in [3.8, 4) is 5.75 Å². The van der Waals surface area contributed by atoms with Crippen LogP contribution in [0.15, 0.2) is 18.2 Å². The summed E-state index contributed by atoms with van der Waals surface area (Å²) in [5, 5.41) is 0. The minimum atomic E-state index is 0.287. The Labute approximate surface area is 66.0 Å². The highest BCUT2D eigenvalue weighted by molar-refractivity contribution is 5.56. The molecule has 1 atom stereocenters. The monoisotopic (exact) mass is 149 g/mol. The summed E-state index contributed by atoms with van der Waals surface area (Å²) >= 11 is 0. The van der Waals surface area contributed by atoms with Crippen molar-refractivity contribution in [2.24, 2.45) is 0 Å². The van der Waals surface area contributed by atoms with E-state index in [1.165, 1.54) is 5.56 Å². The summed E-state index contributed by atoms with van der Waals surface area (Å²) < 4.78 is 5.51. The smallest absolute Gasteiger partial charge is 0.125 e. The molecule has 2 heteroatoms. The summed E-state index contributed by atoms with van der Waals surface area (Å²) in [6, 6.07) is 5.81. The van der Waals surface area contributed by atoms with E-state index in [9.17, 15) is 0 Å². The molecule has 0 aromatic heterocycles. The second kappa shape index (κ2) is 2.16. The Morgan fingerprint density at radius 2 is 2.36 bits per heavy atom. The Morgan fingerprint density at radius 3 is 3.09 bits per heavy atom. The van der Waals surface area contributed by atoms with Gasteiger partial charge in [-0.3, -0.25) is 0 Å². The van der Waals surface area contributed by atoms with E-state index in [1.54, 1.807) is 0 Å². The summed E-state index contributed by atoms with van der Waals surface area (Å²) in [4.78, 5) is 0. The summed E-state index contributed by atoms with van der Waals surface area (Å²) in [7, 11) is 0. The van der Waals surface area contributed by atoms with Gasteiger partial charge in [0.1, 0.15) is 11.9 Å². The topological polar surface area (TPSA) is 35.2 Å². The molecule has 2 N–H and O–H groups in total. The number of benzene rings is 1. The molecular formula is C9H11NO. The minimum Gasteiger partial charge on any atom is -0.490 e. The Morgan fingerprint density at radius 1 is 1.55 bits per heavy atom. The minimum absolute atomic E-state index is 0.287. The van der Waals surface area contributed by atoms with Gasteiger partial charge in [0.2, 0.25) is 0 Å². The highest BCUT2D eigenvalue weighted by Crippen LogP contribution is 2.32. The maximum atomic E-state index is 5.75. The van der Waals surface area contributed by atoms with E-state index in [1.807, 2.05) is 18.2 Å². The first kappa shape index (κ1) is 6.53. The first-order valence-corrected chi connectivity index (χ1v) is 3.81. The number of anilines is 1. The van der Waals surface area contributed by atoms with Gasteiger partial charge in [0.15, 0.2) is 0 Å². The molecule has 0 aliphatic carbocycles. The SMILES string of the molecule is C[C@@H]1Cc2c(N)cccc2O1. The fourth-order valence-corrected chi connectivity index (χ4v) is 1.46. The van der Waals surface area contributed by atoms with Crippen LogP contribution in [0.5, 0.6) is 5.75 Å². The Kier molecular flexibility index (Phi) is 1.28. The van der Waals surface area contributed by atoms with Crippen LogP contribution in [0.2, 0.25) is 0 Å². The molecule has 11 heavy (non-hydrogen) atoms. The molecule has 1 aliphatic rings. The molecule has 0 amide bonds. The molecule has 1 aliphatic heterocycles. The molecular weight excluding hydrogens is 138 g/mol. The van der Waals surface area contributed by atoms with Crippen LogP contribution in [-0.2, 0) is 6.42 Å². The third kappa shape index (κ3) is 0.946. The zero-order valence-corrected chi connectivity index (χ0v) is 6.50. The van der Waals surface area contributed by atoms with Gasteiger partial charge in [-0.2, -0.15) is 0 Å². The van der Waals surface area contributed by atoms with Gasteiger partial charge in [-0.25, -0.2) is 0 Å². The normalized spacial score (nSPS) is 21.0. The van der Waals surface area contributed by atoms with Crippen molar-refractivity contribution in [3.05, 3.63) is 23.8 Å². The van der Waals surface area contributed by atoms with Gasteiger partial charge in [0.25, 0.3) is 0 Å². The van der Waals surface area contributed by atoms with Crippen molar-refractivity contribution in [2.75, 3.05) is 5.73 Å². The van der Waals surface area contributed by atoms with Gasteiger partial charge in [0, 0.05) is 17.7 Å². The fourth-order valence-electron chi connectivity index (χ4n) is 1.46. The predicted octanol–water partition coefficient (Wildman–Crippen LogP) is 1.59. The molecule has 1 aromatic carbocycles. The van der Waals surface area contributed by atoms with E-state index >= 15 is 0 Å². The lowest BCUT2D eigenvalue weighted by atomic mass is 10.1. The highest BCUT2D eigenvalue weighted by Gasteiger charge is 2.19. The van der Waals surface area contributed by atoms with E-state index in [2.05, 4.69) is 6.92 Å². The van der Waals surface area contributed by atoms with Crippen LogP contribution in [0.25, 0.3) is 0 Å². The van der Waals surface area contributed by atoms with Crippen molar-refractivity contribution < 1.29 is 4.74 Å². The van der Waals surface area contributed by atoms with Crippen molar-refractivity contribution in [1.82, 2.24) is 0 Å². The molecule has 0 saturated heterocycles. The zero-order chi connectivity index (χ0) is 7.84. The van der Waals surface area contributed by atoms with Crippen LogP contribution in [-0.4, -0.2) is 6.10 Å². The van der Waals surface area contributed by atoms with E-state index in [0.717, 1.165) is 17.9 Å². The van der Waals surface area contributed by atoms with Gasteiger partial charge in [-0.15, -0.1) is 0 Å². The van der Waals surface area contributed by atoms with Gasteiger partial charge >= 0.3 is 0 Å².